The number of nitro benzene ring substituents is 1. The second-order valence-corrected chi connectivity index (χ2v) is 4.57. The number of likely N-dealkylation sites (tertiary alicyclic amines) is 1. The van der Waals surface area contributed by atoms with E-state index in [0.717, 1.165) is 31.0 Å². The van der Waals surface area contributed by atoms with Gasteiger partial charge in [-0.15, -0.1) is 12.4 Å². The van der Waals surface area contributed by atoms with Crippen LogP contribution in [0.25, 0.3) is 0 Å². The minimum atomic E-state index is -0.750. The number of nitrogens with zero attached hydrogens (tertiary/aromatic N) is 2. The molecule has 1 aliphatic heterocycles. The van der Waals surface area contributed by atoms with Gasteiger partial charge in [0.25, 0.3) is 11.6 Å². The van der Waals surface area contributed by atoms with Crippen molar-refractivity contribution in [2.75, 3.05) is 13.1 Å². The second-order valence-electron chi connectivity index (χ2n) is 4.57. The fraction of sp³-hybridized carbons (Fsp3) is 0.417. The third-order valence-corrected chi connectivity index (χ3v) is 3.13. The molecule has 110 valence electrons. The zero-order valence-corrected chi connectivity index (χ0v) is 11.4. The van der Waals surface area contributed by atoms with E-state index in [4.69, 9.17) is 5.73 Å². The number of carbonyl (C=O) groups is 1. The van der Waals surface area contributed by atoms with Crippen molar-refractivity contribution in [1.82, 2.24) is 4.90 Å². The average molecular weight is 304 g/mol. The Morgan fingerprint density at radius 2 is 2.20 bits per heavy atom. The van der Waals surface area contributed by atoms with Crippen molar-refractivity contribution in [2.24, 2.45) is 5.73 Å². The Hall–Kier alpha value is -1.73. The molecule has 1 aliphatic rings. The minimum Gasteiger partial charge on any atom is -0.337 e. The normalized spacial score (nSPS) is 18.3. The molecule has 2 N–H and O–H groups in total. The third kappa shape index (κ3) is 3.43. The van der Waals surface area contributed by atoms with Crippen LogP contribution in [0.1, 0.15) is 23.2 Å². The molecule has 0 radical (unpaired) electrons. The summed E-state index contributed by atoms with van der Waals surface area (Å²) in [5, 5.41) is 10.9. The van der Waals surface area contributed by atoms with E-state index in [0.29, 0.717) is 13.1 Å². The first-order chi connectivity index (χ1) is 8.99. The summed E-state index contributed by atoms with van der Waals surface area (Å²) in [5.41, 5.74) is 5.17. The monoisotopic (exact) mass is 303 g/mol. The summed E-state index contributed by atoms with van der Waals surface area (Å²) in [7, 11) is 0. The molecule has 1 unspecified atom stereocenters. The van der Waals surface area contributed by atoms with E-state index < -0.39 is 22.3 Å². The Morgan fingerprint density at radius 3 is 2.80 bits per heavy atom. The number of nitrogens with two attached hydrogens (primary N) is 1. The van der Waals surface area contributed by atoms with Crippen LogP contribution in [0.2, 0.25) is 0 Å². The molecule has 1 atom stereocenters. The van der Waals surface area contributed by atoms with E-state index in [2.05, 4.69) is 0 Å². The minimum absolute atomic E-state index is 0. The summed E-state index contributed by atoms with van der Waals surface area (Å²) in [4.78, 5) is 23.8. The van der Waals surface area contributed by atoms with E-state index in [1.807, 2.05) is 0 Å². The Morgan fingerprint density at radius 1 is 1.50 bits per heavy atom. The SMILES string of the molecule is Cl.NC1CCCN(C(=O)c2ccc(F)cc2[N+](=O)[O-])C1. The highest BCUT2D eigenvalue weighted by atomic mass is 35.5. The van der Waals surface area contributed by atoms with Crippen molar-refractivity contribution < 1.29 is 14.1 Å². The quantitative estimate of drug-likeness (QED) is 0.665. The molecule has 0 bridgehead atoms. The highest BCUT2D eigenvalue weighted by molar-refractivity contribution is 5.98. The van der Waals surface area contributed by atoms with Gasteiger partial charge in [0, 0.05) is 19.1 Å². The van der Waals surface area contributed by atoms with Gasteiger partial charge in [-0.1, -0.05) is 0 Å². The van der Waals surface area contributed by atoms with Crippen LogP contribution in [0.15, 0.2) is 18.2 Å². The highest BCUT2D eigenvalue weighted by Crippen LogP contribution is 2.22. The Balaban J connectivity index is 0.00000200. The molecule has 1 aromatic rings. The Bertz CT molecular complexity index is 527. The molecule has 1 fully saturated rings. The van der Waals surface area contributed by atoms with Crippen LogP contribution in [0.3, 0.4) is 0 Å². The predicted octanol–water partition coefficient (Wildman–Crippen LogP) is 1.72. The third-order valence-electron chi connectivity index (χ3n) is 3.13. The van der Waals surface area contributed by atoms with Crippen molar-refractivity contribution in [1.29, 1.82) is 0 Å². The molecular formula is C12H15ClFN3O3. The molecule has 20 heavy (non-hydrogen) atoms. The molecular weight excluding hydrogens is 289 g/mol. The van der Waals surface area contributed by atoms with Crippen LogP contribution in [0, 0.1) is 15.9 Å². The number of hydrogen-bond acceptors (Lipinski definition) is 4. The number of halogens is 2. The Kier molecular flexibility index (Phi) is 5.41. The van der Waals surface area contributed by atoms with Crippen LogP contribution in [0.4, 0.5) is 10.1 Å². The average Bonchev–Trinajstić information content (AvgIpc) is 2.37. The maximum atomic E-state index is 13.0. The Labute approximate surface area is 121 Å². The maximum Gasteiger partial charge on any atom is 0.285 e. The number of amides is 1. The molecule has 2 rings (SSSR count). The molecule has 0 saturated carbocycles. The van der Waals surface area contributed by atoms with Crippen LogP contribution in [-0.4, -0.2) is 34.9 Å². The molecule has 1 aromatic carbocycles. The van der Waals surface area contributed by atoms with E-state index in [1.54, 1.807) is 0 Å². The van der Waals surface area contributed by atoms with Crippen molar-refractivity contribution >= 4 is 24.0 Å². The zero-order chi connectivity index (χ0) is 14.0. The number of benzene rings is 1. The lowest BCUT2D eigenvalue weighted by atomic mass is 10.0. The number of nitro groups is 1. The first-order valence-corrected chi connectivity index (χ1v) is 5.98. The van der Waals surface area contributed by atoms with Crippen molar-refractivity contribution in [2.45, 2.75) is 18.9 Å². The fourth-order valence-electron chi connectivity index (χ4n) is 2.20. The van der Waals surface area contributed by atoms with Crippen LogP contribution in [-0.2, 0) is 0 Å². The van der Waals surface area contributed by atoms with Gasteiger partial charge in [-0.25, -0.2) is 4.39 Å². The van der Waals surface area contributed by atoms with E-state index in [9.17, 15) is 19.3 Å². The molecule has 1 amide bonds. The van der Waals surface area contributed by atoms with Crippen molar-refractivity contribution in [3.63, 3.8) is 0 Å². The standard InChI is InChI=1S/C12H14FN3O3.ClH/c13-8-3-4-10(11(6-8)16(18)19)12(17)15-5-1-2-9(14)7-15;/h3-4,6,9H,1-2,5,7,14H2;1H. The second kappa shape index (κ2) is 6.62. The molecule has 6 nitrogen and oxygen atoms in total. The molecule has 0 aromatic heterocycles. The summed E-state index contributed by atoms with van der Waals surface area (Å²) in [6.07, 6.45) is 1.59. The fourth-order valence-corrected chi connectivity index (χ4v) is 2.20. The van der Waals surface area contributed by atoms with Crippen molar-refractivity contribution in [3.05, 3.63) is 39.7 Å². The number of piperidine rings is 1. The molecule has 8 heteroatoms. The van der Waals surface area contributed by atoms with Crippen LogP contribution >= 0.6 is 12.4 Å². The van der Waals surface area contributed by atoms with Gasteiger partial charge in [-0.3, -0.25) is 14.9 Å². The van der Waals surface area contributed by atoms with Crippen molar-refractivity contribution in [3.8, 4) is 0 Å². The summed E-state index contributed by atoms with van der Waals surface area (Å²) >= 11 is 0. The van der Waals surface area contributed by atoms with E-state index >= 15 is 0 Å². The largest absolute Gasteiger partial charge is 0.337 e. The first-order valence-electron chi connectivity index (χ1n) is 5.98. The summed E-state index contributed by atoms with van der Waals surface area (Å²) in [6.45, 7) is 0.883. The summed E-state index contributed by atoms with van der Waals surface area (Å²) in [5.74, 6) is -1.21. The summed E-state index contributed by atoms with van der Waals surface area (Å²) in [6, 6.07) is 2.84. The lowest BCUT2D eigenvalue weighted by Gasteiger charge is -2.30. The molecule has 0 aliphatic carbocycles. The van der Waals surface area contributed by atoms with Gasteiger partial charge in [-0.2, -0.15) is 0 Å². The lowest BCUT2D eigenvalue weighted by molar-refractivity contribution is -0.385. The highest BCUT2D eigenvalue weighted by Gasteiger charge is 2.28. The van der Waals surface area contributed by atoms with Gasteiger partial charge in [0.15, 0.2) is 0 Å². The topological polar surface area (TPSA) is 89.5 Å². The van der Waals surface area contributed by atoms with Crippen LogP contribution < -0.4 is 5.73 Å². The van der Waals surface area contributed by atoms with E-state index in [-0.39, 0.29) is 24.0 Å². The molecule has 1 heterocycles. The first kappa shape index (κ1) is 16.3. The summed E-state index contributed by atoms with van der Waals surface area (Å²) < 4.78 is 13.0. The maximum absolute atomic E-state index is 13.0. The smallest absolute Gasteiger partial charge is 0.285 e. The van der Waals surface area contributed by atoms with Gasteiger partial charge in [0.2, 0.25) is 0 Å². The van der Waals surface area contributed by atoms with E-state index in [1.165, 1.54) is 4.90 Å². The number of hydrogen-bond donors (Lipinski definition) is 1. The van der Waals surface area contributed by atoms with Gasteiger partial charge < -0.3 is 10.6 Å². The number of carbonyl (C=O) groups excluding carboxylic acids is 1. The molecule has 0 spiro atoms. The molecule has 1 saturated heterocycles. The lowest BCUT2D eigenvalue weighted by Crippen LogP contribution is -2.45. The van der Waals surface area contributed by atoms with Gasteiger partial charge in [0.1, 0.15) is 11.4 Å². The predicted molar refractivity (Wildman–Crippen MR) is 73.4 cm³/mol. The zero-order valence-electron chi connectivity index (χ0n) is 10.6. The van der Waals surface area contributed by atoms with Gasteiger partial charge in [-0.05, 0) is 25.0 Å². The van der Waals surface area contributed by atoms with Gasteiger partial charge in [0.05, 0.1) is 11.0 Å². The van der Waals surface area contributed by atoms with Crippen LogP contribution in [0.5, 0.6) is 0 Å². The van der Waals surface area contributed by atoms with Gasteiger partial charge >= 0.3 is 0 Å². The number of rotatable bonds is 2.